The largest absolute Gasteiger partial charge is 0.449 e. The van der Waals surface area contributed by atoms with Crippen molar-refractivity contribution in [1.82, 2.24) is 15.1 Å². The van der Waals surface area contributed by atoms with Gasteiger partial charge in [-0.15, -0.1) is 0 Å². The number of nitrogens with zero attached hydrogens (tertiary/aromatic N) is 2. The third-order valence-electron chi connectivity index (χ3n) is 5.37. The van der Waals surface area contributed by atoms with Crippen LogP contribution in [0.4, 0.5) is 10.6 Å². The second-order valence-electron chi connectivity index (χ2n) is 7.36. The number of benzene rings is 2. The summed E-state index contributed by atoms with van der Waals surface area (Å²) in [6, 6.07) is 16.1. The molecule has 3 aromatic rings. The molecule has 8 nitrogen and oxygen atoms in total. The summed E-state index contributed by atoms with van der Waals surface area (Å²) in [6.07, 6.45) is -1.66. The summed E-state index contributed by atoms with van der Waals surface area (Å²) in [5, 5.41) is 26.8. The molecule has 1 aromatic heterocycles. The highest BCUT2D eigenvalue weighted by molar-refractivity contribution is 5.79. The Hall–Kier alpha value is -3.36. The Labute approximate surface area is 173 Å². The normalized spacial score (nSPS) is 14.6. The molecule has 5 N–H and O–H groups in total. The average Bonchev–Trinajstić information content (AvgIpc) is 3.26. The maximum atomic E-state index is 12.2. The minimum atomic E-state index is -1.27. The van der Waals surface area contributed by atoms with Gasteiger partial charge in [0, 0.05) is 31.3 Å². The smallest absolute Gasteiger partial charge is 0.407 e. The molecule has 0 bridgehead atoms. The number of rotatable bonds is 6. The SMILES string of the molecule is Cn1cc(C(O)C(O)CNC(=O)OCC2c3ccccc3-c3ccccc32)c(N)n1. The highest BCUT2D eigenvalue weighted by Crippen LogP contribution is 2.44. The lowest BCUT2D eigenvalue weighted by atomic mass is 9.98. The third kappa shape index (κ3) is 3.74. The first-order chi connectivity index (χ1) is 14.5. The molecule has 1 amide bonds. The molecule has 2 unspecified atom stereocenters. The quantitative estimate of drug-likeness (QED) is 0.494. The van der Waals surface area contributed by atoms with Crippen molar-refractivity contribution in [2.24, 2.45) is 7.05 Å². The zero-order chi connectivity index (χ0) is 21.3. The van der Waals surface area contributed by atoms with Crippen LogP contribution in [-0.4, -0.2) is 45.3 Å². The van der Waals surface area contributed by atoms with Crippen molar-refractivity contribution in [1.29, 1.82) is 0 Å². The van der Waals surface area contributed by atoms with E-state index in [0.717, 1.165) is 22.3 Å². The monoisotopic (exact) mass is 408 g/mol. The molecule has 1 aliphatic carbocycles. The lowest BCUT2D eigenvalue weighted by Gasteiger charge is -2.18. The van der Waals surface area contributed by atoms with Gasteiger partial charge in [-0.1, -0.05) is 48.5 Å². The number of fused-ring (bicyclic) bond motifs is 3. The van der Waals surface area contributed by atoms with Crippen molar-refractivity contribution >= 4 is 11.9 Å². The lowest BCUT2D eigenvalue weighted by molar-refractivity contribution is 0.0189. The molecular formula is C22H24N4O4. The number of ether oxygens (including phenoxy) is 1. The number of carbonyl (C=O) groups excluding carboxylic acids is 1. The molecule has 1 heterocycles. The Kier molecular flexibility index (Phi) is 5.43. The molecule has 4 rings (SSSR count). The number of hydrogen-bond acceptors (Lipinski definition) is 6. The number of hydrogen-bond donors (Lipinski definition) is 4. The Morgan fingerprint density at radius 1 is 1.17 bits per heavy atom. The number of amides is 1. The van der Waals surface area contributed by atoms with Crippen molar-refractivity contribution in [2.45, 2.75) is 18.1 Å². The van der Waals surface area contributed by atoms with Gasteiger partial charge in [-0.05, 0) is 22.3 Å². The molecule has 30 heavy (non-hydrogen) atoms. The summed E-state index contributed by atoms with van der Waals surface area (Å²) in [6.45, 7) is -0.0137. The van der Waals surface area contributed by atoms with Crippen LogP contribution < -0.4 is 11.1 Å². The van der Waals surface area contributed by atoms with E-state index < -0.39 is 18.3 Å². The van der Waals surface area contributed by atoms with Gasteiger partial charge in [0.2, 0.25) is 0 Å². The fourth-order valence-corrected chi connectivity index (χ4v) is 3.91. The van der Waals surface area contributed by atoms with Crippen LogP contribution in [0, 0.1) is 0 Å². The van der Waals surface area contributed by atoms with Crippen LogP contribution >= 0.6 is 0 Å². The van der Waals surface area contributed by atoms with Crippen LogP contribution in [0.2, 0.25) is 0 Å². The molecule has 2 atom stereocenters. The van der Waals surface area contributed by atoms with Crippen molar-refractivity contribution in [2.75, 3.05) is 18.9 Å². The number of nitrogen functional groups attached to an aromatic ring is 1. The van der Waals surface area contributed by atoms with Gasteiger partial charge in [-0.3, -0.25) is 4.68 Å². The first kappa shape index (κ1) is 19.9. The molecule has 0 saturated heterocycles. The molecule has 0 spiro atoms. The Morgan fingerprint density at radius 2 is 1.77 bits per heavy atom. The van der Waals surface area contributed by atoms with Crippen LogP contribution in [0.1, 0.15) is 28.7 Å². The number of alkyl carbamates (subject to hydrolysis) is 1. The molecule has 0 aliphatic heterocycles. The van der Waals surface area contributed by atoms with E-state index in [-0.39, 0.29) is 24.9 Å². The van der Waals surface area contributed by atoms with Gasteiger partial charge in [0.05, 0.1) is 0 Å². The van der Waals surface area contributed by atoms with Gasteiger partial charge >= 0.3 is 6.09 Å². The van der Waals surface area contributed by atoms with Crippen LogP contribution in [0.25, 0.3) is 11.1 Å². The lowest BCUT2D eigenvalue weighted by Crippen LogP contribution is -2.36. The van der Waals surface area contributed by atoms with Gasteiger partial charge in [-0.25, -0.2) is 4.79 Å². The zero-order valence-electron chi connectivity index (χ0n) is 16.5. The fourth-order valence-electron chi connectivity index (χ4n) is 3.91. The van der Waals surface area contributed by atoms with Gasteiger partial charge < -0.3 is 26.0 Å². The number of carbonyl (C=O) groups is 1. The van der Waals surface area contributed by atoms with Crippen LogP contribution in [0.3, 0.4) is 0 Å². The van der Waals surface area contributed by atoms with Crippen molar-refractivity contribution < 1.29 is 19.7 Å². The van der Waals surface area contributed by atoms with Crippen molar-refractivity contribution in [3.05, 3.63) is 71.4 Å². The molecule has 156 valence electrons. The molecular weight excluding hydrogens is 384 g/mol. The molecule has 0 radical (unpaired) electrons. The number of anilines is 1. The summed E-state index contributed by atoms with van der Waals surface area (Å²) < 4.78 is 6.86. The number of nitrogens with two attached hydrogens (primary N) is 1. The Morgan fingerprint density at radius 3 is 2.33 bits per heavy atom. The highest BCUT2D eigenvalue weighted by atomic mass is 16.5. The van der Waals surface area contributed by atoms with Crippen molar-refractivity contribution in [3.8, 4) is 11.1 Å². The predicted molar refractivity (Wildman–Crippen MR) is 112 cm³/mol. The second-order valence-corrected chi connectivity index (χ2v) is 7.36. The number of aliphatic hydroxyl groups excluding tert-OH is 2. The van der Waals surface area contributed by atoms with E-state index in [0.29, 0.717) is 5.56 Å². The van der Waals surface area contributed by atoms with Gasteiger partial charge in [-0.2, -0.15) is 5.10 Å². The summed E-state index contributed by atoms with van der Waals surface area (Å²) in [5.41, 5.74) is 10.6. The molecule has 8 heteroatoms. The minimum absolute atomic E-state index is 0.0474. The number of aryl methyl sites for hydroxylation is 1. The molecule has 0 saturated carbocycles. The fraction of sp³-hybridized carbons (Fsp3) is 0.273. The van der Waals surface area contributed by atoms with E-state index in [2.05, 4.69) is 22.5 Å². The summed E-state index contributed by atoms with van der Waals surface area (Å²) in [7, 11) is 1.66. The van der Waals surface area contributed by atoms with Crippen molar-refractivity contribution in [3.63, 3.8) is 0 Å². The van der Waals surface area contributed by atoms with Gasteiger partial charge in [0.1, 0.15) is 18.8 Å². The van der Waals surface area contributed by atoms with E-state index in [1.54, 1.807) is 7.05 Å². The Balaban J connectivity index is 1.35. The second kappa shape index (κ2) is 8.17. The van der Waals surface area contributed by atoms with E-state index in [1.807, 2.05) is 36.4 Å². The first-order valence-corrected chi connectivity index (χ1v) is 9.69. The van der Waals surface area contributed by atoms with E-state index in [1.165, 1.54) is 10.9 Å². The van der Waals surface area contributed by atoms with Crippen LogP contribution in [-0.2, 0) is 11.8 Å². The maximum Gasteiger partial charge on any atom is 0.407 e. The number of aromatic nitrogens is 2. The van der Waals surface area contributed by atoms with E-state index >= 15 is 0 Å². The zero-order valence-corrected chi connectivity index (χ0v) is 16.5. The predicted octanol–water partition coefficient (Wildman–Crippen LogP) is 1.94. The molecule has 2 aromatic carbocycles. The summed E-state index contributed by atoms with van der Waals surface area (Å²) in [5.74, 6) is 0.0824. The van der Waals surface area contributed by atoms with Gasteiger partial charge in [0.15, 0.2) is 5.82 Å². The Bertz CT molecular complexity index is 1020. The molecule has 0 fully saturated rings. The third-order valence-corrected chi connectivity index (χ3v) is 5.37. The van der Waals surface area contributed by atoms with Gasteiger partial charge in [0.25, 0.3) is 0 Å². The number of nitrogens with one attached hydrogen (secondary N) is 1. The highest BCUT2D eigenvalue weighted by Gasteiger charge is 2.29. The maximum absolute atomic E-state index is 12.2. The standard InChI is InChI=1S/C22H24N4O4/c1-26-11-17(21(23)25-26)20(28)19(27)10-24-22(29)30-12-18-15-8-4-2-6-13(15)14-7-3-5-9-16(14)18/h2-9,11,18-20,27-28H,10,12H2,1H3,(H2,23,25)(H,24,29). The topological polar surface area (TPSA) is 123 Å². The van der Waals surface area contributed by atoms with E-state index in [4.69, 9.17) is 10.5 Å². The minimum Gasteiger partial charge on any atom is -0.449 e. The summed E-state index contributed by atoms with van der Waals surface area (Å²) in [4.78, 5) is 12.2. The molecule has 1 aliphatic rings. The first-order valence-electron chi connectivity index (χ1n) is 9.69. The van der Waals surface area contributed by atoms with Crippen LogP contribution in [0.15, 0.2) is 54.7 Å². The van der Waals surface area contributed by atoms with Crippen LogP contribution in [0.5, 0.6) is 0 Å². The van der Waals surface area contributed by atoms with E-state index in [9.17, 15) is 15.0 Å². The summed E-state index contributed by atoms with van der Waals surface area (Å²) >= 11 is 0. The average molecular weight is 408 g/mol. The number of aliphatic hydroxyl groups is 2.